The van der Waals surface area contributed by atoms with Crippen molar-refractivity contribution in [3.05, 3.63) is 160 Å². The molecule has 0 radical (unpaired) electrons. The molecule has 2 heterocycles. The zero-order valence-electron chi connectivity index (χ0n) is 21.6. The lowest BCUT2D eigenvalue weighted by atomic mass is 9.93. The molecular weight excluding hydrogens is 537 g/mol. The summed E-state index contributed by atoms with van der Waals surface area (Å²) in [5, 5.41) is 2.06. The van der Waals surface area contributed by atoms with E-state index >= 15 is 0 Å². The Morgan fingerprint density at radius 3 is 1.88 bits per heavy atom. The first-order valence-electron chi connectivity index (χ1n) is 12.7. The number of ketones is 2. The largest absolute Gasteiger partial charge is 0.497 e. The van der Waals surface area contributed by atoms with Gasteiger partial charge in [-0.15, -0.1) is 11.8 Å². The van der Waals surface area contributed by atoms with E-state index in [1.807, 2.05) is 84.9 Å². The van der Waals surface area contributed by atoms with Gasteiger partial charge in [0.25, 0.3) is 0 Å². The van der Waals surface area contributed by atoms with Gasteiger partial charge in [-0.05, 0) is 29.2 Å². The van der Waals surface area contributed by atoms with Crippen LogP contribution < -0.4 is 4.74 Å². The molecule has 0 saturated heterocycles. The van der Waals surface area contributed by atoms with Crippen molar-refractivity contribution < 1.29 is 19.1 Å². The first kappa shape index (κ1) is 26.0. The molecule has 2 aliphatic rings. The molecule has 0 N–H and O–H groups in total. The highest BCUT2D eigenvalue weighted by atomic mass is 32.2. The van der Waals surface area contributed by atoms with Crippen molar-refractivity contribution in [3.8, 4) is 5.75 Å². The lowest BCUT2D eigenvalue weighted by molar-refractivity contribution is 0.0946. The monoisotopic (exact) mass is 560 g/mol. The van der Waals surface area contributed by atoms with E-state index < -0.39 is 4.08 Å². The minimum absolute atomic E-state index is 0.0470. The van der Waals surface area contributed by atoms with Crippen LogP contribution in [0.3, 0.4) is 0 Å². The molecule has 4 nitrogen and oxygen atoms in total. The highest BCUT2D eigenvalue weighted by Gasteiger charge is 2.49. The van der Waals surface area contributed by atoms with Gasteiger partial charge in [-0.1, -0.05) is 115 Å². The summed E-state index contributed by atoms with van der Waals surface area (Å²) in [6.45, 7) is 0. The molecule has 196 valence electrons. The molecule has 1 spiro atoms. The number of carbonyl (C=O) groups is 2. The van der Waals surface area contributed by atoms with Crippen LogP contribution in [0.1, 0.15) is 31.8 Å². The smallest absolute Gasteiger partial charge is 0.228 e. The van der Waals surface area contributed by atoms with Crippen LogP contribution in [0.5, 0.6) is 5.75 Å². The zero-order valence-corrected chi connectivity index (χ0v) is 23.2. The summed E-state index contributed by atoms with van der Waals surface area (Å²) in [5.41, 5.74) is 3.09. The number of rotatable bonds is 7. The molecule has 0 fully saturated rings. The summed E-state index contributed by atoms with van der Waals surface area (Å²) >= 11 is 3.05. The number of ether oxygens (including phenoxy) is 2. The third kappa shape index (κ3) is 4.92. The number of thioether (sulfide) groups is 2. The molecule has 4 aromatic rings. The number of allylic oxidation sites excluding steroid dienone is 1. The molecule has 0 saturated carbocycles. The molecule has 0 aromatic heterocycles. The Morgan fingerprint density at radius 1 is 0.700 bits per heavy atom. The number of benzene rings is 4. The van der Waals surface area contributed by atoms with Gasteiger partial charge < -0.3 is 9.47 Å². The SMILES string of the molecule is COc1ccc(C2=CS[C@]3(C=C(c4ccccc4)OC(C(=O)c4ccccc4)=C3C(=O)c3ccccc3)S2)cc1. The molecule has 1 atom stereocenters. The van der Waals surface area contributed by atoms with Gasteiger partial charge in [-0.3, -0.25) is 9.59 Å². The first-order valence-corrected chi connectivity index (χ1v) is 14.4. The van der Waals surface area contributed by atoms with E-state index in [1.54, 1.807) is 55.3 Å². The third-order valence-electron chi connectivity index (χ3n) is 6.65. The lowest BCUT2D eigenvalue weighted by Crippen LogP contribution is -2.32. The Bertz CT molecular complexity index is 1660. The van der Waals surface area contributed by atoms with E-state index in [2.05, 4.69) is 5.41 Å². The second-order valence-electron chi connectivity index (χ2n) is 9.17. The fraction of sp³-hybridized carbons (Fsp3) is 0.0588. The Hall–Kier alpha value is -4.26. The minimum Gasteiger partial charge on any atom is -0.497 e. The molecular formula is C34H24O4S2. The van der Waals surface area contributed by atoms with Crippen molar-refractivity contribution >= 4 is 45.8 Å². The lowest BCUT2D eigenvalue weighted by Gasteiger charge is -2.33. The molecule has 0 aliphatic carbocycles. The second kappa shape index (κ2) is 11.1. The van der Waals surface area contributed by atoms with Crippen molar-refractivity contribution in [2.24, 2.45) is 0 Å². The van der Waals surface area contributed by atoms with Gasteiger partial charge in [0.05, 0.1) is 12.7 Å². The van der Waals surface area contributed by atoms with E-state index in [1.165, 1.54) is 11.8 Å². The van der Waals surface area contributed by atoms with E-state index in [4.69, 9.17) is 9.47 Å². The fourth-order valence-corrected chi connectivity index (χ4v) is 7.50. The van der Waals surface area contributed by atoms with Gasteiger partial charge in [0.15, 0.2) is 11.5 Å². The van der Waals surface area contributed by atoms with Crippen LogP contribution in [0.4, 0.5) is 0 Å². The second-order valence-corrected chi connectivity index (χ2v) is 11.8. The quantitative estimate of drug-likeness (QED) is 0.212. The Balaban J connectivity index is 1.53. The molecule has 6 rings (SSSR count). The molecule has 0 bridgehead atoms. The predicted octanol–water partition coefficient (Wildman–Crippen LogP) is 8.26. The maximum atomic E-state index is 14.3. The normalized spacial score (nSPS) is 18.1. The average Bonchev–Trinajstić information content (AvgIpc) is 3.45. The molecule has 40 heavy (non-hydrogen) atoms. The molecule has 0 unspecified atom stereocenters. The Morgan fingerprint density at radius 2 is 1.27 bits per heavy atom. The van der Waals surface area contributed by atoms with Crippen LogP contribution in [0.25, 0.3) is 10.7 Å². The number of Topliss-reactive ketones (excluding diaryl/α,β-unsaturated/α-hetero) is 2. The number of hydrogen-bond donors (Lipinski definition) is 0. The Labute approximate surface area is 241 Å². The molecule has 2 aliphatic heterocycles. The van der Waals surface area contributed by atoms with Crippen LogP contribution in [-0.2, 0) is 4.74 Å². The minimum atomic E-state index is -0.925. The van der Waals surface area contributed by atoms with Gasteiger partial charge in [0, 0.05) is 21.6 Å². The van der Waals surface area contributed by atoms with Gasteiger partial charge in [0.1, 0.15) is 15.6 Å². The predicted molar refractivity (Wildman–Crippen MR) is 163 cm³/mol. The summed E-state index contributed by atoms with van der Waals surface area (Å²) in [5.74, 6) is 0.773. The van der Waals surface area contributed by atoms with Crippen molar-refractivity contribution in [2.75, 3.05) is 7.11 Å². The maximum Gasteiger partial charge on any atom is 0.228 e. The Kier molecular flexibility index (Phi) is 7.20. The van der Waals surface area contributed by atoms with Gasteiger partial charge in [-0.2, -0.15) is 0 Å². The summed E-state index contributed by atoms with van der Waals surface area (Å²) in [4.78, 5) is 29.4. The van der Waals surface area contributed by atoms with Crippen molar-refractivity contribution in [2.45, 2.75) is 4.08 Å². The fourth-order valence-electron chi connectivity index (χ4n) is 4.62. The van der Waals surface area contributed by atoms with Gasteiger partial charge >= 0.3 is 0 Å². The molecule has 6 heteroatoms. The highest BCUT2D eigenvalue weighted by Crippen LogP contribution is 2.61. The number of methoxy groups -OCH3 is 1. The van der Waals surface area contributed by atoms with Crippen molar-refractivity contribution in [1.82, 2.24) is 0 Å². The highest BCUT2D eigenvalue weighted by molar-refractivity contribution is 8.27. The summed E-state index contributed by atoms with van der Waals surface area (Å²) < 4.78 is 10.8. The standard InChI is InChI=1S/C34H24O4S2/c1-37-27-19-17-24(18-20-27)29-22-39-34(40-29)21-28(23-11-5-2-6-12-23)38-33(32(36)26-15-9-4-10-16-26)30(34)31(35)25-13-7-3-8-14-25/h2-22H,1H3/t34-/m1/s1. The van der Waals surface area contributed by atoms with Crippen LogP contribution in [-0.4, -0.2) is 22.8 Å². The van der Waals surface area contributed by atoms with Crippen molar-refractivity contribution in [1.29, 1.82) is 0 Å². The topological polar surface area (TPSA) is 52.6 Å². The summed E-state index contributed by atoms with van der Waals surface area (Å²) in [6.07, 6.45) is 1.97. The van der Waals surface area contributed by atoms with E-state index in [0.717, 1.165) is 21.8 Å². The average molecular weight is 561 g/mol. The van der Waals surface area contributed by atoms with Gasteiger partial charge in [-0.25, -0.2) is 0 Å². The van der Waals surface area contributed by atoms with E-state index in [0.29, 0.717) is 22.5 Å². The van der Waals surface area contributed by atoms with Crippen LogP contribution in [0.2, 0.25) is 0 Å². The van der Waals surface area contributed by atoms with Crippen LogP contribution >= 0.6 is 23.5 Å². The molecule has 4 aromatic carbocycles. The number of hydrogen-bond acceptors (Lipinski definition) is 6. The van der Waals surface area contributed by atoms with Crippen LogP contribution in [0.15, 0.2) is 138 Å². The first-order chi connectivity index (χ1) is 19.6. The van der Waals surface area contributed by atoms with E-state index in [-0.39, 0.29) is 17.3 Å². The summed E-state index contributed by atoms with van der Waals surface area (Å²) in [7, 11) is 1.64. The van der Waals surface area contributed by atoms with E-state index in [9.17, 15) is 9.59 Å². The zero-order chi connectivity index (χ0) is 27.5. The molecule has 0 amide bonds. The maximum absolute atomic E-state index is 14.3. The summed E-state index contributed by atoms with van der Waals surface area (Å²) in [6, 6.07) is 35.5. The number of carbonyl (C=O) groups excluding carboxylic acids is 2. The van der Waals surface area contributed by atoms with Crippen molar-refractivity contribution in [3.63, 3.8) is 0 Å². The van der Waals surface area contributed by atoms with Crippen LogP contribution in [0, 0.1) is 0 Å². The van der Waals surface area contributed by atoms with Gasteiger partial charge in [0.2, 0.25) is 5.78 Å². The third-order valence-corrected chi connectivity index (χ3v) is 9.56.